The average molecular weight is 551 g/mol. The molecule has 1 fully saturated rings. The largest absolute Gasteiger partial charge is 0.365 e. The van der Waals surface area contributed by atoms with Gasteiger partial charge in [0.25, 0.3) is 5.56 Å². The van der Waals surface area contributed by atoms with Crippen molar-refractivity contribution >= 4 is 45.9 Å². The summed E-state index contributed by atoms with van der Waals surface area (Å²) in [6.45, 7) is 11.3. The number of aromatic nitrogens is 6. The summed E-state index contributed by atoms with van der Waals surface area (Å²) in [4.78, 5) is 41.6. The number of amides is 2. The standard InChI is InChI=1S/C26H34N10O2S/c1-15(2)35-22-16(11-29-24(27-6)32-22)9-18(23(35)37)34-8-7-17(13-34)30-25(38)31-20-10-19(26(3,4)5)33-36(20)21-12-28-14-39-21/h9-12,14-15,17H,7-8,13H2,1-6H3,(H,27,29,32)(H2,30,31,38). The lowest BCUT2D eigenvalue weighted by atomic mass is 9.92. The smallest absolute Gasteiger partial charge is 0.320 e. The van der Waals surface area contributed by atoms with E-state index in [4.69, 9.17) is 5.10 Å². The summed E-state index contributed by atoms with van der Waals surface area (Å²) < 4.78 is 3.41. The lowest BCUT2D eigenvalue weighted by Gasteiger charge is -2.22. The van der Waals surface area contributed by atoms with Crippen LogP contribution >= 0.6 is 11.3 Å². The summed E-state index contributed by atoms with van der Waals surface area (Å²) in [6, 6.07) is 3.21. The summed E-state index contributed by atoms with van der Waals surface area (Å²) in [6.07, 6.45) is 4.16. The third-order valence-electron chi connectivity index (χ3n) is 6.71. The highest BCUT2D eigenvalue weighted by atomic mass is 32.1. The van der Waals surface area contributed by atoms with E-state index in [1.54, 1.807) is 34.2 Å². The maximum atomic E-state index is 13.5. The van der Waals surface area contributed by atoms with Crippen LogP contribution < -0.4 is 26.4 Å². The molecule has 0 aromatic carbocycles. The van der Waals surface area contributed by atoms with Gasteiger partial charge in [-0.15, -0.1) is 11.3 Å². The number of pyridine rings is 1. The van der Waals surface area contributed by atoms with Crippen molar-refractivity contribution in [1.82, 2.24) is 34.6 Å². The molecule has 1 atom stereocenters. The molecular formula is C26H34N10O2S. The fourth-order valence-corrected chi connectivity index (χ4v) is 5.28. The Morgan fingerprint density at radius 2 is 2.00 bits per heavy atom. The molecular weight excluding hydrogens is 516 g/mol. The van der Waals surface area contributed by atoms with Gasteiger partial charge >= 0.3 is 6.03 Å². The molecule has 206 valence electrons. The minimum Gasteiger partial charge on any atom is -0.365 e. The van der Waals surface area contributed by atoms with Crippen molar-refractivity contribution in [2.45, 2.75) is 58.5 Å². The van der Waals surface area contributed by atoms with Gasteiger partial charge in [0.2, 0.25) is 5.95 Å². The summed E-state index contributed by atoms with van der Waals surface area (Å²) in [5.41, 5.74) is 3.49. The van der Waals surface area contributed by atoms with E-state index in [0.717, 1.165) is 16.1 Å². The summed E-state index contributed by atoms with van der Waals surface area (Å²) in [5, 5.41) is 15.3. The van der Waals surface area contributed by atoms with Crippen molar-refractivity contribution in [3.63, 3.8) is 0 Å². The Hall–Kier alpha value is -4.00. The van der Waals surface area contributed by atoms with Crippen LogP contribution in [0.5, 0.6) is 0 Å². The zero-order valence-electron chi connectivity index (χ0n) is 23.0. The van der Waals surface area contributed by atoms with Gasteiger partial charge in [0.1, 0.15) is 22.2 Å². The van der Waals surface area contributed by atoms with E-state index in [0.29, 0.717) is 42.6 Å². The van der Waals surface area contributed by atoms with Crippen LogP contribution in [0.1, 0.15) is 52.8 Å². The van der Waals surface area contributed by atoms with Gasteiger partial charge in [-0.25, -0.2) is 14.5 Å². The highest BCUT2D eigenvalue weighted by Crippen LogP contribution is 2.28. The van der Waals surface area contributed by atoms with E-state index in [-0.39, 0.29) is 29.1 Å². The summed E-state index contributed by atoms with van der Waals surface area (Å²) in [7, 11) is 1.75. The molecule has 2 amide bonds. The van der Waals surface area contributed by atoms with Crippen LogP contribution in [0.4, 0.5) is 22.2 Å². The Bertz CT molecular complexity index is 1550. The predicted molar refractivity (Wildman–Crippen MR) is 154 cm³/mol. The Morgan fingerprint density at radius 3 is 2.67 bits per heavy atom. The summed E-state index contributed by atoms with van der Waals surface area (Å²) in [5.74, 6) is 1.04. The Labute approximate surface area is 230 Å². The number of urea groups is 1. The molecule has 1 unspecified atom stereocenters. The number of anilines is 3. The third-order valence-corrected chi connectivity index (χ3v) is 7.45. The van der Waals surface area contributed by atoms with Crippen molar-refractivity contribution in [3.05, 3.63) is 46.1 Å². The Balaban J connectivity index is 1.34. The topological polar surface area (TPSA) is 135 Å². The number of nitrogens with one attached hydrogen (secondary N) is 3. The fourth-order valence-electron chi connectivity index (χ4n) is 4.68. The van der Waals surface area contributed by atoms with E-state index >= 15 is 0 Å². The van der Waals surface area contributed by atoms with Crippen molar-refractivity contribution in [2.75, 3.05) is 35.7 Å². The first kappa shape index (κ1) is 26.6. The van der Waals surface area contributed by atoms with Crippen LogP contribution in [0, 0.1) is 0 Å². The van der Waals surface area contributed by atoms with Crippen molar-refractivity contribution < 1.29 is 4.79 Å². The number of fused-ring (bicyclic) bond motifs is 1. The molecule has 5 rings (SSSR count). The Kier molecular flexibility index (Phi) is 7.02. The van der Waals surface area contributed by atoms with Crippen molar-refractivity contribution in [3.8, 4) is 5.00 Å². The van der Waals surface area contributed by atoms with Gasteiger partial charge in [0, 0.05) is 55.3 Å². The molecule has 0 spiro atoms. The van der Waals surface area contributed by atoms with Gasteiger partial charge in [-0.05, 0) is 26.3 Å². The molecule has 39 heavy (non-hydrogen) atoms. The molecule has 4 aromatic heterocycles. The monoisotopic (exact) mass is 550 g/mol. The first-order valence-electron chi connectivity index (χ1n) is 13.0. The normalized spacial score (nSPS) is 15.8. The lowest BCUT2D eigenvalue weighted by molar-refractivity contribution is 0.249. The first-order chi connectivity index (χ1) is 18.5. The number of hydrogen-bond acceptors (Lipinski definition) is 9. The zero-order valence-corrected chi connectivity index (χ0v) is 23.8. The van der Waals surface area contributed by atoms with Gasteiger partial charge in [-0.2, -0.15) is 10.1 Å². The second kappa shape index (κ2) is 10.3. The molecule has 0 saturated carbocycles. The molecule has 1 aliphatic rings. The van der Waals surface area contributed by atoms with Crippen LogP contribution in [-0.2, 0) is 5.41 Å². The molecule has 5 heterocycles. The number of carbonyl (C=O) groups excluding carboxylic acids is 1. The minimum absolute atomic E-state index is 0.0803. The second-order valence-electron chi connectivity index (χ2n) is 11.0. The fraction of sp³-hybridized carbons (Fsp3) is 0.462. The van der Waals surface area contributed by atoms with Gasteiger partial charge < -0.3 is 15.5 Å². The third kappa shape index (κ3) is 5.31. The molecule has 13 heteroatoms. The van der Waals surface area contributed by atoms with E-state index in [2.05, 4.69) is 51.7 Å². The van der Waals surface area contributed by atoms with Gasteiger partial charge in [0.15, 0.2) is 0 Å². The number of carbonyl (C=O) groups is 1. The molecule has 0 radical (unpaired) electrons. The van der Waals surface area contributed by atoms with Crippen molar-refractivity contribution in [1.29, 1.82) is 0 Å². The molecule has 1 saturated heterocycles. The predicted octanol–water partition coefficient (Wildman–Crippen LogP) is 3.75. The second-order valence-corrected chi connectivity index (χ2v) is 11.8. The maximum Gasteiger partial charge on any atom is 0.320 e. The molecule has 4 aromatic rings. The highest BCUT2D eigenvalue weighted by molar-refractivity contribution is 7.12. The molecule has 0 bridgehead atoms. The quantitative estimate of drug-likeness (QED) is 0.330. The van der Waals surface area contributed by atoms with Gasteiger partial charge in [-0.3, -0.25) is 19.7 Å². The molecule has 0 aliphatic carbocycles. The summed E-state index contributed by atoms with van der Waals surface area (Å²) >= 11 is 1.45. The first-order valence-corrected chi connectivity index (χ1v) is 13.8. The van der Waals surface area contributed by atoms with Crippen LogP contribution in [0.2, 0.25) is 0 Å². The van der Waals surface area contributed by atoms with Crippen LogP contribution in [0.25, 0.3) is 16.0 Å². The minimum atomic E-state index is -0.320. The van der Waals surface area contributed by atoms with Crippen LogP contribution in [-0.4, -0.2) is 61.5 Å². The average Bonchev–Trinajstić information content (AvgIpc) is 3.64. The zero-order chi connectivity index (χ0) is 27.9. The van der Waals surface area contributed by atoms with E-state index < -0.39 is 0 Å². The van der Waals surface area contributed by atoms with E-state index in [1.807, 2.05) is 30.9 Å². The van der Waals surface area contributed by atoms with E-state index in [9.17, 15) is 9.59 Å². The van der Waals surface area contributed by atoms with Gasteiger partial charge in [-0.1, -0.05) is 20.8 Å². The highest BCUT2D eigenvalue weighted by Gasteiger charge is 2.28. The number of rotatable bonds is 6. The van der Waals surface area contributed by atoms with E-state index in [1.165, 1.54) is 11.3 Å². The SMILES string of the molecule is CNc1ncc2cc(N3CCC(NC(=O)Nc4cc(C(C)(C)C)nn4-c4cncs4)C3)c(=O)n(C(C)C)c2n1. The maximum absolute atomic E-state index is 13.5. The van der Waals surface area contributed by atoms with Gasteiger partial charge in [0.05, 0.1) is 17.4 Å². The van der Waals surface area contributed by atoms with Crippen LogP contribution in [0.15, 0.2) is 34.8 Å². The van der Waals surface area contributed by atoms with Crippen molar-refractivity contribution in [2.24, 2.45) is 0 Å². The molecule has 3 N–H and O–H groups in total. The van der Waals surface area contributed by atoms with Crippen LogP contribution in [0.3, 0.4) is 0 Å². The Morgan fingerprint density at radius 1 is 1.21 bits per heavy atom. The molecule has 12 nitrogen and oxygen atoms in total. The number of thiazole rings is 1. The lowest BCUT2D eigenvalue weighted by Crippen LogP contribution is -2.41. The number of hydrogen-bond donors (Lipinski definition) is 3. The molecule has 1 aliphatic heterocycles. The number of nitrogens with zero attached hydrogens (tertiary/aromatic N) is 7.